The third-order valence-corrected chi connectivity index (χ3v) is 2.90. The molecule has 3 nitrogen and oxygen atoms in total. The van der Waals surface area contributed by atoms with Crippen LogP contribution < -0.4 is 10.9 Å². The minimum atomic E-state index is 0.0666. The molecule has 0 radical (unpaired) electrons. The normalized spacial score (nSPS) is 11.8. The molecule has 0 amide bonds. The highest BCUT2D eigenvalue weighted by atomic mass is 79.9. The molecule has 0 saturated heterocycles. The summed E-state index contributed by atoms with van der Waals surface area (Å²) < 4.78 is 2.70. The fourth-order valence-corrected chi connectivity index (χ4v) is 1.93. The number of nitrogens with zero attached hydrogens (tertiary/aromatic N) is 1. The quantitative estimate of drug-likeness (QED) is 0.849. The largest absolute Gasteiger partial charge is 0.314 e. The van der Waals surface area contributed by atoms with Crippen LogP contribution in [0.25, 0.3) is 0 Å². The van der Waals surface area contributed by atoms with Gasteiger partial charge in [-0.2, -0.15) is 0 Å². The van der Waals surface area contributed by atoms with E-state index in [0.717, 1.165) is 30.4 Å². The van der Waals surface area contributed by atoms with E-state index in [1.807, 2.05) is 6.20 Å². The lowest BCUT2D eigenvalue weighted by Crippen LogP contribution is -2.36. The van der Waals surface area contributed by atoms with Gasteiger partial charge in [-0.15, -0.1) is 0 Å². The summed E-state index contributed by atoms with van der Waals surface area (Å²) in [5.74, 6) is 0. The molecule has 1 heterocycles. The van der Waals surface area contributed by atoms with Gasteiger partial charge < -0.3 is 9.88 Å². The molecule has 4 heteroatoms. The Kier molecular flexibility index (Phi) is 5.40. The van der Waals surface area contributed by atoms with Crippen molar-refractivity contribution in [3.63, 3.8) is 0 Å². The van der Waals surface area contributed by atoms with Crippen LogP contribution in [-0.2, 0) is 6.54 Å². The van der Waals surface area contributed by atoms with E-state index in [2.05, 4.69) is 42.0 Å². The van der Waals surface area contributed by atoms with Crippen molar-refractivity contribution in [2.45, 2.75) is 45.7 Å². The number of halogens is 1. The number of hydrogen-bond donors (Lipinski definition) is 1. The predicted molar refractivity (Wildman–Crippen MR) is 75.4 cm³/mol. The van der Waals surface area contributed by atoms with Crippen LogP contribution in [0, 0.1) is 0 Å². The van der Waals surface area contributed by atoms with Crippen LogP contribution in [0.3, 0.4) is 0 Å². The number of aryl methyl sites for hydroxylation is 1. The summed E-state index contributed by atoms with van der Waals surface area (Å²) in [6.07, 6.45) is 3.94. The van der Waals surface area contributed by atoms with Gasteiger partial charge in [0.15, 0.2) is 0 Å². The maximum absolute atomic E-state index is 11.5. The van der Waals surface area contributed by atoms with E-state index in [4.69, 9.17) is 0 Å². The highest BCUT2D eigenvalue weighted by molar-refractivity contribution is 9.10. The van der Waals surface area contributed by atoms with Crippen LogP contribution in [0.5, 0.6) is 0 Å². The van der Waals surface area contributed by atoms with Gasteiger partial charge in [0.2, 0.25) is 0 Å². The second kappa shape index (κ2) is 6.36. The summed E-state index contributed by atoms with van der Waals surface area (Å²) in [6.45, 7) is 8.25. The fourth-order valence-electron chi connectivity index (χ4n) is 1.55. The first kappa shape index (κ1) is 14.5. The molecule has 1 rings (SSSR count). The molecule has 0 unspecified atom stereocenters. The van der Waals surface area contributed by atoms with Crippen molar-refractivity contribution in [1.82, 2.24) is 9.88 Å². The van der Waals surface area contributed by atoms with E-state index in [0.29, 0.717) is 0 Å². The van der Waals surface area contributed by atoms with E-state index in [9.17, 15) is 4.79 Å². The Hall–Kier alpha value is -0.610. The molecule has 0 atom stereocenters. The zero-order chi connectivity index (χ0) is 12.9. The summed E-state index contributed by atoms with van der Waals surface area (Å²) >= 11 is 3.37. The molecule has 0 spiro atoms. The van der Waals surface area contributed by atoms with Gasteiger partial charge >= 0.3 is 0 Å². The molecule has 0 aliphatic heterocycles. The van der Waals surface area contributed by atoms with E-state index in [-0.39, 0.29) is 11.1 Å². The van der Waals surface area contributed by atoms with Crippen molar-refractivity contribution < 1.29 is 0 Å². The highest BCUT2D eigenvalue weighted by Crippen LogP contribution is 2.06. The molecular weight excluding hydrogens is 280 g/mol. The number of aromatic nitrogens is 1. The molecule has 0 aliphatic carbocycles. The van der Waals surface area contributed by atoms with Gasteiger partial charge in [0.1, 0.15) is 0 Å². The average Bonchev–Trinajstić information content (AvgIpc) is 2.21. The van der Waals surface area contributed by atoms with Crippen LogP contribution >= 0.6 is 15.9 Å². The lowest BCUT2D eigenvalue weighted by Gasteiger charge is -2.20. The Morgan fingerprint density at radius 1 is 1.29 bits per heavy atom. The van der Waals surface area contributed by atoms with Crippen molar-refractivity contribution in [1.29, 1.82) is 0 Å². The number of pyridine rings is 1. The molecule has 96 valence electrons. The Morgan fingerprint density at radius 2 is 2.00 bits per heavy atom. The first-order chi connectivity index (χ1) is 7.88. The fraction of sp³-hybridized carbons (Fsp3) is 0.615. The van der Waals surface area contributed by atoms with Gasteiger partial charge in [-0.25, -0.2) is 0 Å². The molecular formula is C13H21BrN2O. The summed E-state index contributed by atoms with van der Waals surface area (Å²) in [5, 5.41) is 3.44. The van der Waals surface area contributed by atoms with Crippen molar-refractivity contribution in [2.24, 2.45) is 0 Å². The zero-order valence-electron chi connectivity index (χ0n) is 10.8. The highest BCUT2D eigenvalue weighted by Gasteiger charge is 2.07. The van der Waals surface area contributed by atoms with Gasteiger partial charge in [-0.1, -0.05) is 0 Å². The number of hydrogen-bond acceptors (Lipinski definition) is 2. The summed E-state index contributed by atoms with van der Waals surface area (Å²) in [7, 11) is 0. The molecule has 0 fully saturated rings. The first-order valence-electron chi connectivity index (χ1n) is 5.99. The Bertz CT molecular complexity index is 407. The summed E-state index contributed by atoms with van der Waals surface area (Å²) in [6, 6.07) is 3.37. The average molecular weight is 301 g/mol. The molecule has 0 aromatic carbocycles. The zero-order valence-corrected chi connectivity index (χ0v) is 12.4. The number of rotatable bonds is 5. The second-order valence-electron chi connectivity index (χ2n) is 5.26. The lowest BCUT2D eigenvalue weighted by molar-refractivity contribution is 0.413. The van der Waals surface area contributed by atoms with E-state index < -0.39 is 0 Å². The molecule has 0 aliphatic rings. The predicted octanol–water partition coefficient (Wildman–Crippen LogP) is 2.78. The maximum atomic E-state index is 11.5. The first-order valence-corrected chi connectivity index (χ1v) is 6.79. The van der Waals surface area contributed by atoms with Gasteiger partial charge in [0.25, 0.3) is 5.56 Å². The van der Waals surface area contributed by atoms with Crippen molar-refractivity contribution >= 4 is 15.9 Å². The molecule has 1 aromatic rings. The Balaban J connectivity index is 2.32. The van der Waals surface area contributed by atoms with E-state index in [1.54, 1.807) is 16.7 Å². The minimum absolute atomic E-state index is 0.0666. The van der Waals surface area contributed by atoms with Gasteiger partial charge in [-0.05, 0) is 62.2 Å². The van der Waals surface area contributed by atoms with Crippen LogP contribution in [-0.4, -0.2) is 16.7 Å². The van der Waals surface area contributed by atoms with Crippen molar-refractivity contribution in [3.05, 3.63) is 33.2 Å². The smallest absolute Gasteiger partial charge is 0.250 e. The third kappa shape index (κ3) is 6.03. The lowest BCUT2D eigenvalue weighted by atomic mass is 10.1. The standard InChI is InChI=1S/C13H21BrN2O/c1-13(2,3)15-8-4-5-9-16-10-11(14)6-7-12(16)17/h6-7,10,15H,4-5,8-9H2,1-3H3. The number of nitrogens with one attached hydrogen (secondary N) is 1. The van der Waals surface area contributed by atoms with Gasteiger partial charge in [-0.3, -0.25) is 4.79 Å². The van der Waals surface area contributed by atoms with Gasteiger partial charge in [0.05, 0.1) is 0 Å². The monoisotopic (exact) mass is 300 g/mol. The Morgan fingerprint density at radius 3 is 2.65 bits per heavy atom. The molecule has 17 heavy (non-hydrogen) atoms. The Labute approximate surface area is 111 Å². The van der Waals surface area contributed by atoms with Crippen LogP contribution in [0.4, 0.5) is 0 Å². The van der Waals surface area contributed by atoms with E-state index >= 15 is 0 Å². The SMILES string of the molecule is CC(C)(C)NCCCCn1cc(Br)ccc1=O. The molecule has 1 N–H and O–H groups in total. The molecule has 0 bridgehead atoms. The van der Waals surface area contributed by atoms with Crippen LogP contribution in [0.1, 0.15) is 33.6 Å². The summed E-state index contributed by atoms with van der Waals surface area (Å²) in [5.41, 5.74) is 0.240. The maximum Gasteiger partial charge on any atom is 0.250 e. The van der Waals surface area contributed by atoms with Crippen LogP contribution in [0.2, 0.25) is 0 Å². The molecule has 1 aromatic heterocycles. The number of unbranched alkanes of at least 4 members (excludes halogenated alkanes) is 1. The van der Waals surface area contributed by atoms with Crippen molar-refractivity contribution in [2.75, 3.05) is 6.54 Å². The summed E-state index contributed by atoms with van der Waals surface area (Å²) in [4.78, 5) is 11.5. The second-order valence-corrected chi connectivity index (χ2v) is 6.18. The van der Waals surface area contributed by atoms with Gasteiger partial charge in [0, 0.05) is 28.8 Å². The topological polar surface area (TPSA) is 34.0 Å². The minimum Gasteiger partial charge on any atom is -0.314 e. The van der Waals surface area contributed by atoms with Crippen LogP contribution in [0.15, 0.2) is 27.6 Å². The third-order valence-electron chi connectivity index (χ3n) is 2.43. The van der Waals surface area contributed by atoms with E-state index in [1.165, 1.54) is 0 Å². The van der Waals surface area contributed by atoms with Crippen molar-refractivity contribution in [3.8, 4) is 0 Å². The molecule has 0 saturated carbocycles.